The van der Waals surface area contributed by atoms with Crippen molar-refractivity contribution in [1.29, 1.82) is 0 Å². The van der Waals surface area contributed by atoms with Crippen molar-refractivity contribution in [2.24, 2.45) is 11.0 Å². The molecule has 0 aromatic rings. The van der Waals surface area contributed by atoms with E-state index in [1.54, 1.807) is 6.08 Å². The first kappa shape index (κ1) is 19.4. The third-order valence-corrected chi connectivity index (χ3v) is 4.58. The maximum Gasteiger partial charge on any atom is 0.341 e. The quantitative estimate of drug-likeness (QED) is 0.191. The van der Waals surface area contributed by atoms with Gasteiger partial charge in [0.25, 0.3) is 0 Å². The highest BCUT2D eigenvalue weighted by Crippen LogP contribution is 2.36. The molecular weight excluding hydrogens is 362 g/mol. The predicted octanol–water partition coefficient (Wildman–Crippen LogP) is -0.354. The zero-order valence-electron chi connectivity index (χ0n) is 14.1. The Bertz CT molecular complexity index is 714. The molecule has 11 nitrogen and oxygen atoms in total. The summed E-state index contributed by atoms with van der Waals surface area (Å²) in [5, 5.41) is 33.2. The second-order valence-electron chi connectivity index (χ2n) is 6.09. The molecule has 11 heteroatoms. The van der Waals surface area contributed by atoms with Gasteiger partial charge >= 0.3 is 5.97 Å². The van der Waals surface area contributed by atoms with E-state index in [0.29, 0.717) is 5.57 Å². The van der Waals surface area contributed by atoms with Crippen molar-refractivity contribution in [2.45, 2.75) is 36.9 Å². The molecule has 1 saturated heterocycles. The van der Waals surface area contributed by atoms with Crippen LogP contribution in [-0.4, -0.2) is 71.4 Å². The second-order valence-corrected chi connectivity index (χ2v) is 6.09. The van der Waals surface area contributed by atoms with Gasteiger partial charge in [-0.2, -0.15) is 0 Å². The molecule has 3 N–H and O–H groups in total. The van der Waals surface area contributed by atoms with E-state index in [4.69, 9.17) is 24.5 Å². The van der Waals surface area contributed by atoms with Gasteiger partial charge in [-0.05, 0) is 17.2 Å². The third-order valence-electron chi connectivity index (χ3n) is 4.58. The number of hydrogen-bond acceptors (Lipinski definition) is 9. The summed E-state index contributed by atoms with van der Waals surface area (Å²) in [6.45, 7) is 3.25. The zero-order valence-corrected chi connectivity index (χ0v) is 14.1. The molecule has 0 spiro atoms. The van der Waals surface area contributed by atoms with E-state index in [1.807, 2.05) is 0 Å². The van der Waals surface area contributed by atoms with E-state index >= 15 is 0 Å². The van der Waals surface area contributed by atoms with Gasteiger partial charge in [0.1, 0.15) is 19.0 Å². The fraction of sp³-hybridized carbons (Fsp3) is 0.562. The first-order valence-corrected chi connectivity index (χ1v) is 8.19. The summed E-state index contributed by atoms with van der Waals surface area (Å²) in [7, 11) is 0. The average Bonchev–Trinajstić information content (AvgIpc) is 2.67. The van der Waals surface area contributed by atoms with Crippen LogP contribution in [0.25, 0.3) is 10.4 Å². The predicted molar refractivity (Wildman–Crippen MR) is 87.5 cm³/mol. The zero-order chi connectivity index (χ0) is 19.6. The summed E-state index contributed by atoms with van der Waals surface area (Å²) >= 11 is 0. The first-order chi connectivity index (χ1) is 13.0. The minimum Gasteiger partial charge on any atom is -0.471 e. The monoisotopic (exact) mass is 381 g/mol. The molecule has 1 fully saturated rings. The van der Waals surface area contributed by atoms with Gasteiger partial charge in [0.15, 0.2) is 6.29 Å². The number of rotatable bonds is 5. The normalized spacial score (nSPS) is 38.3. The largest absolute Gasteiger partial charge is 0.471 e. The van der Waals surface area contributed by atoms with Gasteiger partial charge in [-0.25, -0.2) is 4.79 Å². The molecule has 3 aliphatic rings. The number of azide groups is 1. The number of hydrogen-bond donors (Lipinski definition) is 3. The van der Waals surface area contributed by atoms with E-state index in [1.165, 1.54) is 12.3 Å². The van der Waals surface area contributed by atoms with Crippen molar-refractivity contribution in [1.82, 2.24) is 0 Å². The highest BCUT2D eigenvalue weighted by molar-refractivity contribution is 5.94. The molecule has 0 amide bonds. The van der Waals surface area contributed by atoms with E-state index in [-0.39, 0.29) is 12.2 Å². The fourth-order valence-electron chi connectivity index (χ4n) is 3.18. The lowest BCUT2D eigenvalue weighted by Gasteiger charge is -2.42. The van der Waals surface area contributed by atoms with Crippen molar-refractivity contribution < 1.29 is 39.1 Å². The molecule has 146 valence electrons. The molecule has 0 aliphatic carbocycles. The molecule has 7 atom stereocenters. The van der Waals surface area contributed by atoms with Crippen LogP contribution in [0, 0.1) is 5.92 Å². The number of fused-ring (bicyclic) bond motifs is 1. The van der Waals surface area contributed by atoms with Gasteiger partial charge in [-0.15, -0.1) is 6.58 Å². The van der Waals surface area contributed by atoms with Gasteiger partial charge in [0.05, 0.1) is 36.3 Å². The Morgan fingerprint density at radius 2 is 2.19 bits per heavy atom. The lowest BCUT2D eigenvalue weighted by atomic mass is 9.89. The molecule has 0 saturated carbocycles. The van der Waals surface area contributed by atoms with E-state index in [9.17, 15) is 20.1 Å². The number of carbonyl (C=O) groups excluding carboxylic acids is 1. The molecule has 0 unspecified atom stereocenters. The van der Waals surface area contributed by atoms with Gasteiger partial charge in [0, 0.05) is 4.91 Å². The number of nitrogens with zero attached hydrogens (tertiary/aromatic N) is 3. The standard InChI is InChI=1S/C16H19N3O8/c1-2-7-8-3-4-24-14(23)9(8)6-25-15(7)27-16-13(22)12(21)11(18-19-17)10(5-20)26-16/h2-3,6-7,10-13,15-16,20-22H,1,4-5H2/t7-,10-,11-,12+,13-,15+,16+/m1/s1. The molecule has 3 heterocycles. The van der Waals surface area contributed by atoms with Crippen LogP contribution in [0.1, 0.15) is 0 Å². The Morgan fingerprint density at radius 1 is 1.41 bits per heavy atom. The molecule has 0 radical (unpaired) electrons. The van der Waals surface area contributed by atoms with E-state index in [0.717, 1.165) is 0 Å². The summed E-state index contributed by atoms with van der Waals surface area (Å²) in [6.07, 6.45) is -2.14. The lowest BCUT2D eigenvalue weighted by Crippen LogP contribution is -2.59. The minimum absolute atomic E-state index is 0.101. The maximum atomic E-state index is 11.8. The van der Waals surface area contributed by atoms with Gasteiger partial charge in [-0.1, -0.05) is 11.2 Å². The van der Waals surface area contributed by atoms with Gasteiger partial charge in [-0.3, -0.25) is 0 Å². The molecule has 0 aromatic heterocycles. The molecule has 3 rings (SSSR count). The van der Waals surface area contributed by atoms with Crippen LogP contribution in [0.3, 0.4) is 0 Å². The smallest absolute Gasteiger partial charge is 0.341 e. The number of aliphatic hydroxyl groups is 3. The highest BCUT2D eigenvalue weighted by Gasteiger charge is 2.47. The first-order valence-electron chi connectivity index (χ1n) is 8.19. The van der Waals surface area contributed by atoms with Crippen molar-refractivity contribution >= 4 is 5.97 Å². The highest BCUT2D eigenvalue weighted by atomic mass is 16.8. The van der Waals surface area contributed by atoms with Crippen LogP contribution in [0.15, 0.2) is 41.3 Å². The molecular formula is C16H19N3O8. The second kappa shape index (κ2) is 8.09. The molecule has 0 bridgehead atoms. The fourth-order valence-corrected chi connectivity index (χ4v) is 3.18. The minimum atomic E-state index is -1.56. The summed E-state index contributed by atoms with van der Waals surface area (Å²) in [4.78, 5) is 14.4. The number of ether oxygens (including phenoxy) is 4. The topological polar surface area (TPSA) is 163 Å². The van der Waals surface area contributed by atoms with E-state index in [2.05, 4.69) is 16.6 Å². The number of carbonyl (C=O) groups is 1. The Labute approximate surface area is 153 Å². The van der Waals surface area contributed by atoms with Crippen LogP contribution in [0.5, 0.6) is 0 Å². The Hall–Kier alpha value is -2.40. The molecule has 3 aliphatic heterocycles. The van der Waals surface area contributed by atoms with Crippen LogP contribution < -0.4 is 0 Å². The molecule has 27 heavy (non-hydrogen) atoms. The summed E-state index contributed by atoms with van der Waals surface area (Å²) in [5.41, 5.74) is 9.43. The Kier molecular flexibility index (Phi) is 5.80. The van der Waals surface area contributed by atoms with Crippen LogP contribution in [-0.2, 0) is 23.7 Å². The summed E-state index contributed by atoms with van der Waals surface area (Å²) in [5.74, 6) is -1.09. The maximum absolute atomic E-state index is 11.8. The average molecular weight is 381 g/mol. The number of aliphatic hydroxyl groups excluding tert-OH is 3. The third kappa shape index (κ3) is 3.56. The summed E-state index contributed by atoms with van der Waals surface area (Å²) in [6, 6.07) is -1.18. The lowest BCUT2D eigenvalue weighted by molar-refractivity contribution is -0.319. The van der Waals surface area contributed by atoms with Crippen LogP contribution in [0.4, 0.5) is 0 Å². The summed E-state index contributed by atoms with van der Waals surface area (Å²) < 4.78 is 21.4. The Balaban J connectivity index is 1.79. The van der Waals surface area contributed by atoms with Crippen molar-refractivity contribution in [3.63, 3.8) is 0 Å². The number of esters is 1. The van der Waals surface area contributed by atoms with Crippen LogP contribution in [0.2, 0.25) is 0 Å². The van der Waals surface area contributed by atoms with E-state index < -0.39 is 55.4 Å². The van der Waals surface area contributed by atoms with Crippen molar-refractivity contribution in [2.75, 3.05) is 13.2 Å². The van der Waals surface area contributed by atoms with Crippen molar-refractivity contribution in [3.8, 4) is 0 Å². The SMILES string of the molecule is C=C[C@@H]1C2=CCOC(=O)C2=CO[C@H]1O[C@@H]1O[C@H](CO)[C@@H](N=[N+]=[N-])[C@H](O)[C@H]1O. The van der Waals surface area contributed by atoms with Crippen LogP contribution >= 0.6 is 0 Å². The van der Waals surface area contributed by atoms with Gasteiger partial charge < -0.3 is 34.3 Å². The number of cyclic esters (lactones) is 1. The van der Waals surface area contributed by atoms with Gasteiger partial charge in [0.2, 0.25) is 6.29 Å². The molecule has 0 aromatic carbocycles. The van der Waals surface area contributed by atoms with Crippen molar-refractivity contribution in [3.05, 3.63) is 46.6 Å². The Morgan fingerprint density at radius 3 is 2.85 bits per heavy atom.